The van der Waals surface area contributed by atoms with Crippen LogP contribution in [0, 0.1) is 5.82 Å². The van der Waals surface area contributed by atoms with E-state index in [0.717, 1.165) is 16.5 Å². The Hall–Kier alpha value is -3.28. The van der Waals surface area contributed by atoms with E-state index in [0.29, 0.717) is 5.69 Å². The Labute approximate surface area is 149 Å². The van der Waals surface area contributed by atoms with Gasteiger partial charge in [-0.05, 0) is 36.8 Å². The van der Waals surface area contributed by atoms with Crippen molar-refractivity contribution in [2.75, 3.05) is 5.32 Å². The van der Waals surface area contributed by atoms with Crippen molar-refractivity contribution in [3.63, 3.8) is 0 Å². The smallest absolute Gasteiger partial charge is 0.311 e. The van der Waals surface area contributed by atoms with Crippen molar-refractivity contribution < 1.29 is 18.7 Å². The molecule has 0 saturated carbocycles. The summed E-state index contributed by atoms with van der Waals surface area (Å²) in [6.45, 7) is 1.47. The summed E-state index contributed by atoms with van der Waals surface area (Å²) in [6.07, 6.45) is 0.659. The van der Waals surface area contributed by atoms with Gasteiger partial charge in [-0.2, -0.15) is 0 Å². The maximum atomic E-state index is 13.2. The van der Waals surface area contributed by atoms with Gasteiger partial charge in [-0.3, -0.25) is 14.6 Å². The number of hydrogen-bond donors (Lipinski definition) is 1. The lowest BCUT2D eigenvalue weighted by atomic mass is 10.1. The summed E-state index contributed by atoms with van der Waals surface area (Å²) >= 11 is 0. The number of aromatic nitrogens is 1. The third-order valence-corrected chi connectivity index (χ3v) is 3.82. The molecular formula is C20H17FN2O3. The normalized spacial score (nSPS) is 11.8. The number of hydrogen-bond acceptors (Lipinski definition) is 4. The number of pyridine rings is 1. The van der Waals surface area contributed by atoms with Crippen LogP contribution in [0.5, 0.6) is 0 Å². The lowest BCUT2D eigenvalue weighted by Crippen LogP contribution is -2.30. The van der Waals surface area contributed by atoms with Crippen molar-refractivity contribution in [3.05, 3.63) is 72.2 Å². The fourth-order valence-corrected chi connectivity index (χ4v) is 2.57. The van der Waals surface area contributed by atoms with Crippen LogP contribution >= 0.6 is 0 Å². The van der Waals surface area contributed by atoms with E-state index in [1.807, 2.05) is 24.3 Å². The van der Waals surface area contributed by atoms with E-state index in [4.69, 9.17) is 4.74 Å². The van der Waals surface area contributed by atoms with Gasteiger partial charge in [-0.1, -0.05) is 30.3 Å². The molecule has 0 aliphatic carbocycles. The minimum atomic E-state index is -1.01. The quantitative estimate of drug-likeness (QED) is 0.714. The summed E-state index contributed by atoms with van der Waals surface area (Å²) in [6, 6.07) is 14.8. The van der Waals surface area contributed by atoms with Crippen molar-refractivity contribution in [2.45, 2.75) is 19.4 Å². The number of carbonyl (C=O) groups excluding carboxylic acids is 2. The van der Waals surface area contributed by atoms with Gasteiger partial charge in [-0.15, -0.1) is 0 Å². The Morgan fingerprint density at radius 1 is 1.15 bits per heavy atom. The highest BCUT2D eigenvalue weighted by molar-refractivity contribution is 5.95. The number of fused-ring (bicyclic) bond motifs is 1. The van der Waals surface area contributed by atoms with Crippen LogP contribution < -0.4 is 5.32 Å². The van der Waals surface area contributed by atoms with Crippen molar-refractivity contribution in [2.24, 2.45) is 0 Å². The van der Waals surface area contributed by atoms with Gasteiger partial charge in [-0.25, -0.2) is 4.39 Å². The van der Waals surface area contributed by atoms with Crippen LogP contribution in [0.4, 0.5) is 10.1 Å². The summed E-state index contributed by atoms with van der Waals surface area (Å²) < 4.78 is 18.4. The zero-order valence-corrected chi connectivity index (χ0v) is 14.1. The second-order valence-corrected chi connectivity index (χ2v) is 5.80. The highest BCUT2D eigenvalue weighted by Crippen LogP contribution is 2.17. The zero-order valence-electron chi connectivity index (χ0n) is 14.1. The predicted octanol–water partition coefficient (Wildman–Crippen LogP) is 3.49. The summed E-state index contributed by atoms with van der Waals surface area (Å²) in [5, 5.41) is 3.44. The molecule has 0 aliphatic rings. The standard InChI is InChI=1S/C20H17FN2O3/c1-13(20(25)23-17-9-3-8-16(21)12-17)26-18(24)11-15-6-2-5-14-7-4-10-22-19(14)15/h2-10,12-13H,11H2,1H3,(H,23,25)/t13-/m0/s1. The third kappa shape index (κ3) is 4.22. The van der Waals surface area contributed by atoms with Crippen LogP contribution in [0.1, 0.15) is 12.5 Å². The van der Waals surface area contributed by atoms with E-state index in [1.165, 1.54) is 25.1 Å². The molecule has 1 atom stereocenters. The first-order chi connectivity index (χ1) is 12.5. The van der Waals surface area contributed by atoms with Gasteiger partial charge in [0.25, 0.3) is 5.91 Å². The molecule has 0 fully saturated rings. The largest absolute Gasteiger partial charge is 0.452 e. The average Bonchev–Trinajstić information content (AvgIpc) is 2.62. The van der Waals surface area contributed by atoms with Crippen LogP contribution in [0.2, 0.25) is 0 Å². The van der Waals surface area contributed by atoms with Crippen molar-refractivity contribution >= 4 is 28.5 Å². The molecule has 1 amide bonds. The fraction of sp³-hybridized carbons (Fsp3) is 0.150. The molecule has 5 nitrogen and oxygen atoms in total. The van der Waals surface area contributed by atoms with Crippen LogP contribution in [0.15, 0.2) is 60.8 Å². The fourth-order valence-electron chi connectivity index (χ4n) is 2.57. The maximum Gasteiger partial charge on any atom is 0.311 e. The number of ether oxygens (including phenoxy) is 1. The Morgan fingerprint density at radius 2 is 1.92 bits per heavy atom. The molecule has 0 radical (unpaired) electrons. The topological polar surface area (TPSA) is 68.3 Å². The van der Waals surface area contributed by atoms with Crippen LogP contribution in [0.3, 0.4) is 0 Å². The molecule has 0 saturated heterocycles. The van der Waals surface area contributed by atoms with Gasteiger partial charge in [0.05, 0.1) is 11.9 Å². The molecule has 0 bridgehead atoms. The van der Waals surface area contributed by atoms with Gasteiger partial charge in [0, 0.05) is 17.3 Å². The van der Waals surface area contributed by atoms with Crippen molar-refractivity contribution in [3.8, 4) is 0 Å². The molecule has 1 aromatic heterocycles. The first-order valence-corrected chi connectivity index (χ1v) is 8.11. The highest BCUT2D eigenvalue weighted by Gasteiger charge is 2.19. The van der Waals surface area contributed by atoms with Crippen molar-refractivity contribution in [1.82, 2.24) is 4.98 Å². The minimum absolute atomic E-state index is 0.00589. The van der Waals surface area contributed by atoms with Crippen LogP contribution in [0.25, 0.3) is 10.9 Å². The molecule has 3 aromatic rings. The number of esters is 1. The third-order valence-electron chi connectivity index (χ3n) is 3.82. The summed E-state index contributed by atoms with van der Waals surface area (Å²) in [5.74, 6) is -1.53. The number of nitrogens with zero attached hydrogens (tertiary/aromatic N) is 1. The Morgan fingerprint density at radius 3 is 2.73 bits per heavy atom. The predicted molar refractivity (Wildman–Crippen MR) is 96.0 cm³/mol. The first kappa shape index (κ1) is 17.5. The van der Waals surface area contributed by atoms with Gasteiger partial charge in [0.15, 0.2) is 6.10 Å². The molecule has 1 N–H and O–H groups in total. The van der Waals surface area contributed by atoms with Gasteiger partial charge >= 0.3 is 5.97 Å². The molecular weight excluding hydrogens is 335 g/mol. The number of anilines is 1. The van der Waals surface area contributed by atoms with Crippen molar-refractivity contribution in [1.29, 1.82) is 0 Å². The van der Waals surface area contributed by atoms with E-state index < -0.39 is 23.8 Å². The molecule has 0 aliphatic heterocycles. The zero-order chi connectivity index (χ0) is 18.5. The van der Waals surface area contributed by atoms with Crippen LogP contribution in [-0.4, -0.2) is 23.0 Å². The molecule has 26 heavy (non-hydrogen) atoms. The summed E-state index contributed by atoms with van der Waals surface area (Å²) in [7, 11) is 0. The van der Waals surface area contributed by atoms with Gasteiger partial charge in [0.1, 0.15) is 5.82 Å². The number of rotatable bonds is 5. The number of amides is 1. The van der Waals surface area contributed by atoms with Gasteiger partial charge in [0.2, 0.25) is 0 Å². The second kappa shape index (κ2) is 7.74. The average molecular weight is 352 g/mol. The number of halogens is 1. The van der Waals surface area contributed by atoms with E-state index in [9.17, 15) is 14.0 Å². The Kier molecular flexibility index (Phi) is 5.22. The molecule has 1 heterocycles. The van der Waals surface area contributed by atoms with E-state index in [1.54, 1.807) is 18.3 Å². The monoisotopic (exact) mass is 352 g/mol. The highest BCUT2D eigenvalue weighted by atomic mass is 19.1. The first-order valence-electron chi connectivity index (χ1n) is 8.11. The van der Waals surface area contributed by atoms with E-state index in [2.05, 4.69) is 10.3 Å². The summed E-state index contributed by atoms with van der Waals surface area (Å²) in [5.41, 5.74) is 1.76. The van der Waals surface area contributed by atoms with E-state index >= 15 is 0 Å². The molecule has 2 aromatic carbocycles. The minimum Gasteiger partial charge on any atom is -0.452 e. The molecule has 0 unspecified atom stereocenters. The van der Waals surface area contributed by atoms with E-state index in [-0.39, 0.29) is 6.42 Å². The Bertz CT molecular complexity index is 953. The molecule has 6 heteroatoms. The lowest BCUT2D eigenvalue weighted by Gasteiger charge is -2.14. The van der Waals surface area contributed by atoms with Gasteiger partial charge < -0.3 is 10.1 Å². The number of benzene rings is 2. The SMILES string of the molecule is C[C@H](OC(=O)Cc1cccc2cccnc12)C(=O)Nc1cccc(F)c1. The molecule has 132 valence electrons. The molecule has 3 rings (SSSR count). The second-order valence-electron chi connectivity index (χ2n) is 5.80. The summed E-state index contributed by atoms with van der Waals surface area (Å²) in [4.78, 5) is 28.6. The lowest BCUT2D eigenvalue weighted by molar-refractivity contribution is -0.152. The number of para-hydroxylation sites is 1. The molecule has 0 spiro atoms. The maximum absolute atomic E-state index is 13.2. The Balaban J connectivity index is 1.62. The van der Waals surface area contributed by atoms with Crippen LogP contribution in [-0.2, 0) is 20.7 Å². The number of nitrogens with one attached hydrogen (secondary N) is 1. The number of carbonyl (C=O) groups is 2.